The molecule has 1 aromatic carbocycles. The Morgan fingerprint density at radius 2 is 2.05 bits per heavy atom. The van der Waals surface area contributed by atoms with Gasteiger partial charge in [-0.25, -0.2) is 4.98 Å². The summed E-state index contributed by atoms with van der Waals surface area (Å²) in [5.74, 6) is 0.959. The van der Waals surface area contributed by atoms with Gasteiger partial charge in [-0.2, -0.15) is 0 Å². The van der Waals surface area contributed by atoms with E-state index in [1.807, 2.05) is 39.0 Å². The average molecular weight is 276 g/mol. The van der Waals surface area contributed by atoms with Gasteiger partial charge in [0.05, 0.1) is 6.10 Å². The van der Waals surface area contributed by atoms with Gasteiger partial charge in [0.15, 0.2) is 0 Å². The van der Waals surface area contributed by atoms with Crippen LogP contribution in [-0.2, 0) is 13.1 Å². The van der Waals surface area contributed by atoms with Gasteiger partial charge in [-0.3, -0.25) is 0 Å². The maximum absolute atomic E-state index is 5.80. The second-order valence-electron chi connectivity index (χ2n) is 4.76. The van der Waals surface area contributed by atoms with Crippen LogP contribution < -0.4 is 10.1 Å². The predicted octanol–water partition coefficient (Wildman–Crippen LogP) is 3.53. The Kier molecular flexibility index (Phi) is 4.93. The lowest BCUT2D eigenvalue weighted by molar-refractivity contribution is 0.239. The number of hydrogen-bond acceptors (Lipinski definition) is 4. The number of hydrogen-bond donors (Lipinski definition) is 1. The van der Waals surface area contributed by atoms with Gasteiger partial charge < -0.3 is 10.1 Å². The zero-order chi connectivity index (χ0) is 13.7. The first-order valence-electron chi connectivity index (χ1n) is 6.51. The van der Waals surface area contributed by atoms with Crippen molar-refractivity contribution in [2.24, 2.45) is 0 Å². The summed E-state index contributed by atoms with van der Waals surface area (Å²) in [7, 11) is 0. The Bertz CT molecular complexity index is 522. The highest BCUT2D eigenvalue weighted by atomic mass is 32.1. The molecule has 2 rings (SSSR count). The molecule has 0 aliphatic heterocycles. The fourth-order valence-corrected chi connectivity index (χ4v) is 2.55. The Morgan fingerprint density at radius 3 is 2.74 bits per heavy atom. The Hall–Kier alpha value is -1.39. The van der Waals surface area contributed by atoms with Crippen molar-refractivity contribution in [1.29, 1.82) is 0 Å². The molecule has 1 N–H and O–H groups in total. The van der Waals surface area contributed by atoms with Crippen LogP contribution in [-0.4, -0.2) is 11.1 Å². The highest BCUT2D eigenvalue weighted by Gasteiger charge is 2.05. The van der Waals surface area contributed by atoms with E-state index in [0.717, 1.165) is 29.5 Å². The fourth-order valence-electron chi connectivity index (χ4n) is 1.81. The second kappa shape index (κ2) is 6.68. The summed E-state index contributed by atoms with van der Waals surface area (Å²) in [6.07, 6.45) is 0.197. The number of rotatable bonds is 6. The summed E-state index contributed by atoms with van der Waals surface area (Å²) < 4.78 is 5.80. The summed E-state index contributed by atoms with van der Waals surface area (Å²) in [5.41, 5.74) is 2.27. The van der Waals surface area contributed by atoms with Gasteiger partial charge in [0, 0.05) is 29.7 Å². The minimum Gasteiger partial charge on any atom is -0.491 e. The zero-order valence-electron chi connectivity index (χ0n) is 11.6. The van der Waals surface area contributed by atoms with E-state index < -0.39 is 0 Å². The molecule has 102 valence electrons. The van der Waals surface area contributed by atoms with Gasteiger partial charge in [-0.1, -0.05) is 18.2 Å². The molecule has 0 bridgehead atoms. The highest BCUT2D eigenvalue weighted by molar-refractivity contribution is 7.09. The third kappa shape index (κ3) is 4.33. The molecular formula is C15H20N2OS. The van der Waals surface area contributed by atoms with Crippen LogP contribution in [0.2, 0.25) is 0 Å². The quantitative estimate of drug-likeness (QED) is 0.876. The van der Waals surface area contributed by atoms with Crippen LogP contribution in [0.15, 0.2) is 29.6 Å². The molecule has 0 radical (unpaired) electrons. The highest BCUT2D eigenvalue weighted by Crippen LogP contribution is 2.19. The summed E-state index contributed by atoms with van der Waals surface area (Å²) in [6, 6.07) is 8.16. The smallest absolute Gasteiger partial charge is 0.124 e. The first kappa shape index (κ1) is 14.0. The van der Waals surface area contributed by atoms with E-state index in [1.54, 1.807) is 11.3 Å². The number of para-hydroxylation sites is 1. The average Bonchev–Trinajstić information content (AvgIpc) is 2.77. The zero-order valence-corrected chi connectivity index (χ0v) is 12.5. The van der Waals surface area contributed by atoms with Crippen molar-refractivity contribution in [3.8, 4) is 5.75 Å². The third-order valence-electron chi connectivity index (χ3n) is 2.59. The molecule has 0 unspecified atom stereocenters. The van der Waals surface area contributed by atoms with Crippen molar-refractivity contribution < 1.29 is 4.74 Å². The van der Waals surface area contributed by atoms with Crippen LogP contribution in [0.25, 0.3) is 0 Å². The fraction of sp³-hybridized carbons (Fsp3) is 0.400. The van der Waals surface area contributed by atoms with E-state index in [1.165, 1.54) is 5.56 Å². The lowest BCUT2D eigenvalue weighted by Crippen LogP contribution is -2.15. The van der Waals surface area contributed by atoms with Crippen LogP contribution in [0.3, 0.4) is 0 Å². The summed E-state index contributed by atoms with van der Waals surface area (Å²) >= 11 is 1.69. The molecule has 2 aromatic rings. The van der Waals surface area contributed by atoms with Crippen molar-refractivity contribution in [2.45, 2.75) is 40.0 Å². The van der Waals surface area contributed by atoms with E-state index in [4.69, 9.17) is 4.74 Å². The standard InChI is InChI=1S/C15H20N2OS/c1-11(2)18-14-7-5-4-6-13(14)8-16-9-15-17-12(3)10-19-15/h4-7,10-11,16H,8-9H2,1-3H3. The number of thiazole rings is 1. The molecule has 0 spiro atoms. The van der Waals surface area contributed by atoms with Crippen molar-refractivity contribution >= 4 is 11.3 Å². The van der Waals surface area contributed by atoms with Crippen molar-refractivity contribution in [2.75, 3.05) is 0 Å². The molecule has 0 aliphatic carbocycles. The lowest BCUT2D eigenvalue weighted by atomic mass is 10.2. The summed E-state index contributed by atoms with van der Waals surface area (Å²) in [4.78, 5) is 4.44. The largest absolute Gasteiger partial charge is 0.491 e. The number of aromatic nitrogens is 1. The topological polar surface area (TPSA) is 34.1 Å². The normalized spacial score (nSPS) is 10.9. The SMILES string of the molecule is Cc1csc(CNCc2ccccc2OC(C)C)n1. The van der Waals surface area contributed by atoms with Crippen molar-refractivity contribution in [1.82, 2.24) is 10.3 Å². The van der Waals surface area contributed by atoms with Gasteiger partial charge in [-0.15, -0.1) is 11.3 Å². The minimum atomic E-state index is 0.197. The maximum atomic E-state index is 5.80. The van der Waals surface area contributed by atoms with E-state index in [9.17, 15) is 0 Å². The lowest BCUT2D eigenvalue weighted by Gasteiger charge is -2.14. The first-order valence-corrected chi connectivity index (χ1v) is 7.39. The minimum absolute atomic E-state index is 0.197. The molecular weight excluding hydrogens is 256 g/mol. The van der Waals surface area contributed by atoms with Crippen LogP contribution in [0, 0.1) is 6.92 Å². The van der Waals surface area contributed by atoms with Crippen molar-refractivity contribution in [3.05, 3.63) is 45.9 Å². The monoisotopic (exact) mass is 276 g/mol. The number of benzene rings is 1. The summed E-state index contributed by atoms with van der Waals surface area (Å²) in [5, 5.41) is 6.61. The van der Waals surface area contributed by atoms with E-state index >= 15 is 0 Å². The predicted molar refractivity (Wildman–Crippen MR) is 79.6 cm³/mol. The van der Waals surface area contributed by atoms with Gasteiger partial charge in [0.2, 0.25) is 0 Å². The Labute approximate surface area is 118 Å². The number of ether oxygens (including phenoxy) is 1. The molecule has 4 heteroatoms. The van der Waals surface area contributed by atoms with E-state index in [-0.39, 0.29) is 6.10 Å². The van der Waals surface area contributed by atoms with Gasteiger partial charge >= 0.3 is 0 Å². The van der Waals surface area contributed by atoms with E-state index in [2.05, 4.69) is 21.7 Å². The van der Waals surface area contributed by atoms with Gasteiger partial charge in [0.1, 0.15) is 10.8 Å². The molecule has 0 atom stereocenters. The van der Waals surface area contributed by atoms with Crippen molar-refractivity contribution in [3.63, 3.8) is 0 Å². The molecule has 1 aromatic heterocycles. The third-order valence-corrected chi connectivity index (χ3v) is 3.56. The molecule has 0 saturated heterocycles. The molecule has 0 fully saturated rings. The number of aryl methyl sites for hydroxylation is 1. The van der Waals surface area contributed by atoms with Gasteiger partial charge in [0.25, 0.3) is 0 Å². The Balaban J connectivity index is 1.92. The Morgan fingerprint density at radius 1 is 1.26 bits per heavy atom. The molecule has 1 heterocycles. The number of nitrogens with one attached hydrogen (secondary N) is 1. The van der Waals surface area contributed by atoms with E-state index in [0.29, 0.717) is 0 Å². The molecule has 19 heavy (non-hydrogen) atoms. The molecule has 0 aliphatic rings. The van der Waals surface area contributed by atoms with Crippen LogP contribution in [0.4, 0.5) is 0 Å². The first-order chi connectivity index (χ1) is 9.15. The molecule has 3 nitrogen and oxygen atoms in total. The molecule has 0 saturated carbocycles. The molecule has 0 amide bonds. The maximum Gasteiger partial charge on any atom is 0.124 e. The number of nitrogens with zero attached hydrogens (tertiary/aromatic N) is 1. The van der Waals surface area contributed by atoms with Crippen LogP contribution in [0.1, 0.15) is 30.1 Å². The van der Waals surface area contributed by atoms with Crippen LogP contribution in [0.5, 0.6) is 5.75 Å². The summed E-state index contributed by atoms with van der Waals surface area (Å²) in [6.45, 7) is 7.70. The van der Waals surface area contributed by atoms with Gasteiger partial charge in [-0.05, 0) is 26.8 Å². The second-order valence-corrected chi connectivity index (χ2v) is 5.70. The van der Waals surface area contributed by atoms with Crippen LogP contribution >= 0.6 is 11.3 Å².